The van der Waals surface area contributed by atoms with Crippen LogP contribution in [0.4, 0.5) is 0 Å². The summed E-state index contributed by atoms with van der Waals surface area (Å²) >= 11 is 1.89. The van der Waals surface area contributed by atoms with Crippen LogP contribution in [0.5, 0.6) is 0 Å². The number of rotatable bonds is 4. The highest BCUT2D eigenvalue weighted by Crippen LogP contribution is 2.34. The lowest BCUT2D eigenvalue weighted by Crippen LogP contribution is -2.39. The van der Waals surface area contributed by atoms with Gasteiger partial charge >= 0.3 is 0 Å². The molecular formula is C16H25NOS. The smallest absolute Gasteiger partial charge is 0.0670 e. The zero-order valence-electron chi connectivity index (χ0n) is 11.8. The number of hydrogen-bond acceptors (Lipinski definition) is 3. The fourth-order valence-electron chi connectivity index (χ4n) is 3.79. The first-order chi connectivity index (χ1) is 9.24. The molecule has 2 aliphatic rings. The van der Waals surface area contributed by atoms with Gasteiger partial charge in [-0.1, -0.05) is 25.7 Å². The van der Waals surface area contributed by atoms with Crippen LogP contribution in [-0.2, 0) is 6.42 Å². The Kier molecular flexibility index (Phi) is 4.25. The maximum atomic E-state index is 10.3. The Balaban J connectivity index is 1.55. The minimum Gasteiger partial charge on any atom is -0.392 e. The van der Waals surface area contributed by atoms with E-state index in [-0.39, 0.29) is 6.10 Å². The summed E-state index contributed by atoms with van der Waals surface area (Å²) in [7, 11) is 0. The fourth-order valence-corrected chi connectivity index (χ4v) is 4.75. The molecule has 2 nitrogen and oxygen atoms in total. The van der Waals surface area contributed by atoms with E-state index in [1.807, 2.05) is 11.3 Å². The van der Waals surface area contributed by atoms with Crippen LogP contribution >= 0.6 is 11.3 Å². The molecule has 0 amide bonds. The van der Waals surface area contributed by atoms with Crippen molar-refractivity contribution in [3.8, 4) is 0 Å². The molecule has 1 aromatic rings. The zero-order valence-corrected chi connectivity index (χ0v) is 12.7. The first-order valence-corrected chi connectivity index (χ1v) is 8.60. The third-order valence-electron chi connectivity index (χ3n) is 4.93. The molecule has 2 heterocycles. The van der Waals surface area contributed by atoms with E-state index >= 15 is 0 Å². The molecule has 0 radical (unpaired) electrons. The largest absolute Gasteiger partial charge is 0.392 e. The molecule has 1 aromatic heterocycles. The molecule has 2 unspecified atom stereocenters. The van der Waals surface area contributed by atoms with Gasteiger partial charge in [0.15, 0.2) is 0 Å². The van der Waals surface area contributed by atoms with Crippen molar-refractivity contribution in [1.82, 2.24) is 4.90 Å². The van der Waals surface area contributed by atoms with Crippen LogP contribution in [-0.4, -0.2) is 29.2 Å². The normalized spacial score (nSPS) is 26.5. The summed E-state index contributed by atoms with van der Waals surface area (Å²) in [5.74, 6) is 0.784. The molecule has 1 saturated carbocycles. The Hall–Kier alpha value is -0.380. The van der Waals surface area contributed by atoms with Gasteiger partial charge < -0.3 is 5.11 Å². The predicted molar refractivity (Wildman–Crippen MR) is 80.6 cm³/mol. The first-order valence-electron chi connectivity index (χ1n) is 7.72. The van der Waals surface area contributed by atoms with Crippen LogP contribution in [0, 0.1) is 5.92 Å². The van der Waals surface area contributed by atoms with E-state index < -0.39 is 0 Å². The Morgan fingerprint density at radius 3 is 3.00 bits per heavy atom. The standard InChI is InChI=1S/C16H25NOS/c1-12-15-7-9-19-16(15)6-8-17(12)11-14(18)10-13-4-2-3-5-13/h7,9,12-14,18H,2-6,8,10-11H2,1H3. The van der Waals surface area contributed by atoms with Gasteiger partial charge in [-0.05, 0) is 42.7 Å². The highest BCUT2D eigenvalue weighted by Gasteiger charge is 2.27. The van der Waals surface area contributed by atoms with Crippen molar-refractivity contribution in [2.45, 2.75) is 57.6 Å². The van der Waals surface area contributed by atoms with Crippen LogP contribution in [0.15, 0.2) is 11.4 Å². The second kappa shape index (κ2) is 5.94. The number of aliphatic hydroxyl groups is 1. The average Bonchev–Trinajstić information content (AvgIpc) is 3.03. The number of hydrogen-bond donors (Lipinski definition) is 1. The highest BCUT2D eigenvalue weighted by atomic mass is 32.1. The van der Waals surface area contributed by atoms with Crippen molar-refractivity contribution in [2.24, 2.45) is 5.92 Å². The Morgan fingerprint density at radius 2 is 2.21 bits per heavy atom. The Labute approximate surface area is 120 Å². The zero-order chi connectivity index (χ0) is 13.2. The number of β-amino-alcohol motifs (C(OH)–C–C–N with tert-alkyl or cyclic N) is 1. The summed E-state index contributed by atoms with van der Waals surface area (Å²) in [6, 6.07) is 2.74. The summed E-state index contributed by atoms with van der Waals surface area (Å²) in [5.41, 5.74) is 1.49. The van der Waals surface area contributed by atoms with Gasteiger partial charge in [-0.2, -0.15) is 0 Å². The lowest BCUT2D eigenvalue weighted by atomic mass is 9.97. The first kappa shape index (κ1) is 13.6. The van der Waals surface area contributed by atoms with E-state index in [4.69, 9.17) is 0 Å². The predicted octanol–water partition coefficient (Wildman–Crippen LogP) is 3.61. The summed E-state index contributed by atoms with van der Waals surface area (Å²) in [5, 5.41) is 12.5. The molecule has 1 aliphatic carbocycles. The maximum absolute atomic E-state index is 10.3. The second-order valence-corrected chi connectivity index (χ2v) is 7.26. The molecule has 2 atom stereocenters. The fraction of sp³-hybridized carbons (Fsp3) is 0.750. The lowest BCUT2D eigenvalue weighted by molar-refractivity contribution is 0.0704. The summed E-state index contributed by atoms with van der Waals surface area (Å²) in [6.45, 7) is 4.25. The van der Waals surface area contributed by atoms with Crippen LogP contribution < -0.4 is 0 Å². The van der Waals surface area contributed by atoms with Crippen LogP contribution in [0.3, 0.4) is 0 Å². The quantitative estimate of drug-likeness (QED) is 0.910. The van der Waals surface area contributed by atoms with E-state index in [0.29, 0.717) is 6.04 Å². The van der Waals surface area contributed by atoms with Crippen LogP contribution in [0.1, 0.15) is 55.5 Å². The lowest BCUT2D eigenvalue weighted by Gasteiger charge is -2.35. The van der Waals surface area contributed by atoms with E-state index in [2.05, 4.69) is 23.3 Å². The minimum atomic E-state index is -0.134. The summed E-state index contributed by atoms with van der Waals surface area (Å²) in [6.07, 6.45) is 7.45. The van der Waals surface area contributed by atoms with Crippen molar-refractivity contribution < 1.29 is 5.11 Å². The molecule has 106 valence electrons. The average molecular weight is 279 g/mol. The third-order valence-corrected chi connectivity index (χ3v) is 5.93. The van der Waals surface area contributed by atoms with Crippen molar-refractivity contribution in [3.63, 3.8) is 0 Å². The van der Waals surface area contributed by atoms with Gasteiger partial charge in [0.1, 0.15) is 0 Å². The number of nitrogens with zero attached hydrogens (tertiary/aromatic N) is 1. The van der Waals surface area contributed by atoms with Gasteiger partial charge in [0, 0.05) is 24.0 Å². The van der Waals surface area contributed by atoms with Gasteiger partial charge in [0.05, 0.1) is 6.10 Å². The number of fused-ring (bicyclic) bond motifs is 1. The second-order valence-electron chi connectivity index (χ2n) is 6.26. The molecule has 0 aromatic carbocycles. The molecule has 19 heavy (non-hydrogen) atoms. The van der Waals surface area contributed by atoms with Gasteiger partial charge in [-0.3, -0.25) is 4.90 Å². The Morgan fingerprint density at radius 1 is 1.42 bits per heavy atom. The topological polar surface area (TPSA) is 23.5 Å². The van der Waals surface area contributed by atoms with Crippen molar-refractivity contribution >= 4 is 11.3 Å². The van der Waals surface area contributed by atoms with Gasteiger partial charge in [0.25, 0.3) is 0 Å². The maximum Gasteiger partial charge on any atom is 0.0670 e. The van der Waals surface area contributed by atoms with Gasteiger partial charge in [0.2, 0.25) is 0 Å². The summed E-state index contributed by atoms with van der Waals surface area (Å²) in [4.78, 5) is 4.02. The summed E-state index contributed by atoms with van der Waals surface area (Å²) < 4.78 is 0. The van der Waals surface area contributed by atoms with Crippen molar-refractivity contribution in [3.05, 3.63) is 21.9 Å². The minimum absolute atomic E-state index is 0.134. The molecule has 1 fully saturated rings. The third kappa shape index (κ3) is 3.04. The van der Waals surface area contributed by atoms with Gasteiger partial charge in [-0.25, -0.2) is 0 Å². The molecule has 3 rings (SSSR count). The van der Waals surface area contributed by atoms with E-state index in [1.54, 1.807) is 4.88 Å². The molecule has 0 spiro atoms. The molecule has 0 bridgehead atoms. The highest BCUT2D eigenvalue weighted by molar-refractivity contribution is 7.10. The molecule has 1 aliphatic heterocycles. The van der Waals surface area contributed by atoms with Gasteiger partial charge in [-0.15, -0.1) is 11.3 Å². The van der Waals surface area contributed by atoms with Crippen molar-refractivity contribution in [2.75, 3.05) is 13.1 Å². The number of thiophene rings is 1. The van der Waals surface area contributed by atoms with Crippen LogP contribution in [0.2, 0.25) is 0 Å². The molecule has 0 saturated heterocycles. The van der Waals surface area contributed by atoms with E-state index in [0.717, 1.165) is 31.8 Å². The monoisotopic (exact) mass is 279 g/mol. The molecular weight excluding hydrogens is 254 g/mol. The van der Waals surface area contributed by atoms with E-state index in [1.165, 1.54) is 31.2 Å². The molecule has 3 heteroatoms. The number of aliphatic hydroxyl groups excluding tert-OH is 1. The SMILES string of the molecule is CC1c2ccsc2CCN1CC(O)CC1CCCC1. The molecule has 1 N–H and O–H groups in total. The van der Waals surface area contributed by atoms with Crippen LogP contribution in [0.25, 0.3) is 0 Å². The van der Waals surface area contributed by atoms with E-state index in [9.17, 15) is 5.11 Å². The Bertz CT molecular complexity index is 411. The van der Waals surface area contributed by atoms with Crippen molar-refractivity contribution in [1.29, 1.82) is 0 Å².